The number of carbonyl (C=O) groups excluding carboxylic acids is 2. The van der Waals surface area contributed by atoms with Crippen LogP contribution in [-0.4, -0.2) is 59.8 Å². The molecule has 2 fully saturated rings. The Hall–Kier alpha value is -2.66. The zero-order chi connectivity index (χ0) is 26.9. The van der Waals surface area contributed by atoms with Crippen molar-refractivity contribution in [2.45, 2.75) is 49.7 Å². The molecule has 2 aliphatic rings. The third-order valence-corrected chi connectivity index (χ3v) is 9.02. The predicted octanol–water partition coefficient (Wildman–Crippen LogP) is 3.59. The van der Waals surface area contributed by atoms with Crippen molar-refractivity contribution in [3.8, 4) is 0 Å². The zero-order valence-corrected chi connectivity index (χ0v) is 22.4. The second-order valence-electron chi connectivity index (χ2n) is 9.30. The van der Waals surface area contributed by atoms with Gasteiger partial charge in [-0.2, -0.15) is 4.31 Å². The first kappa shape index (κ1) is 27.4. The number of aliphatic carboxylic acids is 1. The van der Waals surface area contributed by atoms with E-state index in [1.807, 2.05) is 13.0 Å². The third-order valence-electron chi connectivity index (χ3n) is 6.43. The van der Waals surface area contributed by atoms with E-state index in [2.05, 4.69) is 5.32 Å². The van der Waals surface area contributed by atoms with Crippen LogP contribution in [0.2, 0.25) is 10.0 Å². The van der Waals surface area contributed by atoms with E-state index < -0.39 is 40.5 Å². The molecule has 12 heteroatoms. The summed E-state index contributed by atoms with van der Waals surface area (Å²) in [4.78, 5) is 39.7. The molecule has 1 heterocycles. The average Bonchev–Trinajstić information content (AvgIpc) is 3.69. The van der Waals surface area contributed by atoms with E-state index in [4.69, 9.17) is 23.2 Å². The Morgan fingerprint density at radius 2 is 1.81 bits per heavy atom. The van der Waals surface area contributed by atoms with Gasteiger partial charge in [-0.1, -0.05) is 53.0 Å². The van der Waals surface area contributed by atoms with Crippen LogP contribution in [0.15, 0.2) is 47.4 Å². The standard InChI is InChI=1S/C25H27Cl2N3O6S/c1-15-4-2-5-17(12-15)21(14-22(31)32)28-23(33)24-29(25(34)16-6-7-16)10-3-11-30(24)37(35,36)18-8-9-19(26)20(27)13-18/h2,4-5,8-9,12-13,16,21,24H,3,6-7,10-11,14H2,1H3,(H,28,33)(H,31,32). The molecule has 0 radical (unpaired) electrons. The summed E-state index contributed by atoms with van der Waals surface area (Å²) < 4.78 is 28.4. The highest BCUT2D eigenvalue weighted by Gasteiger charge is 2.47. The minimum absolute atomic E-state index is 0.0108. The Labute approximate surface area is 225 Å². The van der Waals surface area contributed by atoms with Gasteiger partial charge in [0, 0.05) is 19.0 Å². The SMILES string of the molecule is Cc1cccc(C(CC(=O)O)NC(=O)C2N(C(=O)C3CC3)CCCN2S(=O)(=O)c2ccc(Cl)c(Cl)c2)c1. The van der Waals surface area contributed by atoms with Gasteiger partial charge in [0.15, 0.2) is 6.17 Å². The summed E-state index contributed by atoms with van der Waals surface area (Å²) in [6.45, 7) is 2.03. The van der Waals surface area contributed by atoms with Gasteiger partial charge in [0.25, 0.3) is 5.91 Å². The molecule has 1 aliphatic heterocycles. The largest absolute Gasteiger partial charge is 0.481 e. The van der Waals surface area contributed by atoms with Crippen LogP contribution >= 0.6 is 23.2 Å². The first-order valence-corrected chi connectivity index (χ1v) is 14.0. The van der Waals surface area contributed by atoms with Gasteiger partial charge in [0.05, 0.1) is 27.4 Å². The molecule has 37 heavy (non-hydrogen) atoms. The molecule has 2 atom stereocenters. The average molecular weight is 568 g/mol. The van der Waals surface area contributed by atoms with Gasteiger partial charge in [0.1, 0.15) is 0 Å². The summed E-state index contributed by atoms with van der Waals surface area (Å²) in [7, 11) is -4.28. The lowest BCUT2D eigenvalue weighted by molar-refractivity contribution is -0.149. The number of carbonyl (C=O) groups is 3. The summed E-state index contributed by atoms with van der Waals surface area (Å²) >= 11 is 12.0. The molecular formula is C25H27Cl2N3O6S. The molecule has 2 unspecified atom stereocenters. The summed E-state index contributed by atoms with van der Waals surface area (Å²) in [6.07, 6.45) is -0.220. The summed E-state index contributed by atoms with van der Waals surface area (Å²) in [5, 5.41) is 12.4. The second-order valence-corrected chi connectivity index (χ2v) is 12.0. The smallest absolute Gasteiger partial charge is 0.305 e. The van der Waals surface area contributed by atoms with E-state index in [-0.39, 0.29) is 39.9 Å². The Balaban J connectivity index is 1.72. The van der Waals surface area contributed by atoms with Crippen LogP contribution in [0.1, 0.15) is 42.9 Å². The van der Waals surface area contributed by atoms with E-state index in [0.717, 1.165) is 9.87 Å². The highest BCUT2D eigenvalue weighted by Crippen LogP contribution is 2.35. The number of nitrogens with zero attached hydrogens (tertiary/aromatic N) is 2. The lowest BCUT2D eigenvalue weighted by Gasteiger charge is -2.42. The van der Waals surface area contributed by atoms with Crippen LogP contribution in [0.25, 0.3) is 0 Å². The number of amides is 2. The molecule has 0 bridgehead atoms. The van der Waals surface area contributed by atoms with Crippen molar-refractivity contribution in [2.75, 3.05) is 13.1 Å². The monoisotopic (exact) mass is 567 g/mol. The number of benzene rings is 2. The van der Waals surface area contributed by atoms with Crippen molar-refractivity contribution in [3.05, 3.63) is 63.6 Å². The van der Waals surface area contributed by atoms with Crippen molar-refractivity contribution in [3.63, 3.8) is 0 Å². The van der Waals surface area contributed by atoms with Gasteiger partial charge >= 0.3 is 5.97 Å². The van der Waals surface area contributed by atoms with Gasteiger partial charge in [0.2, 0.25) is 15.9 Å². The molecule has 1 saturated heterocycles. The summed E-state index contributed by atoms with van der Waals surface area (Å²) in [5.41, 5.74) is 1.43. The van der Waals surface area contributed by atoms with E-state index in [9.17, 15) is 27.9 Å². The Bertz CT molecular complexity index is 1330. The topological polar surface area (TPSA) is 124 Å². The van der Waals surface area contributed by atoms with Gasteiger partial charge in [-0.05, 0) is 49.9 Å². The molecule has 2 aromatic carbocycles. The Kier molecular flexibility index (Phi) is 8.13. The molecule has 4 rings (SSSR count). The maximum absolute atomic E-state index is 13.8. The van der Waals surface area contributed by atoms with Gasteiger partial charge in [-0.15, -0.1) is 0 Å². The van der Waals surface area contributed by atoms with Gasteiger partial charge in [-0.25, -0.2) is 8.42 Å². The number of carboxylic acids is 1. The lowest BCUT2D eigenvalue weighted by atomic mass is 10.0. The maximum atomic E-state index is 13.8. The van der Waals surface area contributed by atoms with Crippen molar-refractivity contribution >= 4 is 51.0 Å². The molecule has 2 aromatic rings. The van der Waals surface area contributed by atoms with Crippen molar-refractivity contribution in [2.24, 2.45) is 5.92 Å². The van der Waals surface area contributed by atoms with Crippen LogP contribution in [0.5, 0.6) is 0 Å². The van der Waals surface area contributed by atoms with Crippen LogP contribution in [0, 0.1) is 12.8 Å². The Morgan fingerprint density at radius 1 is 1.08 bits per heavy atom. The van der Waals surface area contributed by atoms with Crippen LogP contribution in [0.3, 0.4) is 0 Å². The van der Waals surface area contributed by atoms with Crippen molar-refractivity contribution < 1.29 is 27.9 Å². The Morgan fingerprint density at radius 3 is 2.43 bits per heavy atom. The van der Waals surface area contributed by atoms with Crippen molar-refractivity contribution in [1.29, 1.82) is 0 Å². The van der Waals surface area contributed by atoms with E-state index in [1.54, 1.807) is 18.2 Å². The normalized spacial score (nSPS) is 19.3. The summed E-state index contributed by atoms with van der Waals surface area (Å²) in [6, 6.07) is 9.95. The summed E-state index contributed by atoms with van der Waals surface area (Å²) in [5.74, 6) is -2.46. The zero-order valence-electron chi connectivity index (χ0n) is 20.1. The lowest BCUT2D eigenvalue weighted by Crippen LogP contribution is -2.63. The van der Waals surface area contributed by atoms with E-state index in [0.29, 0.717) is 24.8 Å². The molecule has 1 aliphatic carbocycles. The van der Waals surface area contributed by atoms with E-state index >= 15 is 0 Å². The molecular weight excluding hydrogens is 541 g/mol. The minimum Gasteiger partial charge on any atom is -0.481 e. The molecule has 2 N–H and O–H groups in total. The van der Waals surface area contributed by atoms with Gasteiger partial charge in [-0.3, -0.25) is 14.4 Å². The number of hydrogen-bond acceptors (Lipinski definition) is 5. The number of halogens is 2. The molecule has 9 nitrogen and oxygen atoms in total. The molecule has 198 valence electrons. The van der Waals surface area contributed by atoms with Crippen LogP contribution in [-0.2, 0) is 24.4 Å². The second kappa shape index (κ2) is 11.0. The van der Waals surface area contributed by atoms with Crippen LogP contribution < -0.4 is 5.32 Å². The fourth-order valence-corrected chi connectivity index (χ4v) is 6.43. The fraction of sp³-hybridized carbons (Fsp3) is 0.400. The van der Waals surface area contributed by atoms with Gasteiger partial charge < -0.3 is 15.3 Å². The molecule has 2 amide bonds. The molecule has 0 spiro atoms. The van der Waals surface area contributed by atoms with Crippen LogP contribution in [0.4, 0.5) is 0 Å². The first-order chi connectivity index (χ1) is 17.5. The highest BCUT2D eigenvalue weighted by atomic mass is 35.5. The number of hydrogen-bond donors (Lipinski definition) is 2. The highest BCUT2D eigenvalue weighted by molar-refractivity contribution is 7.89. The minimum atomic E-state index is -4.28. The number of sulfonamides is 1. The number of nitrogens with one attached hydrogen (secondary N) is 1. The quantitative estimate of drug-likeness (QED) is 0.502. The predicted molar refractivity (Wildman–Crippen MR) is 138 cm³/mol. The first-order valence-electron chi connectivity index (χ1n) is 11.8. The van der Waals surface area contributed by atoms with E-state index in [1.165, 1.54) is 23.1 Å². The fourth-order valence-electron chi connectivity index (χ4n) is 4.45. The number of rotatable bonds is 8. The van der Waals surface area contributed by atoms with Crippen molar-refractivity contribution in [1.82, 2.24) is 14.5 Å². The number of aryl methyl sites for hydroxylation is 1. The third kappa shape index (κ3) is 6.09. The number of carboxylic acid groups (broad SMARTS) is 1. The maximum Gasteiger partial charge on any atom is 0.305 e. The molecule has 1 saturated carbocycles. The molecule has 0 aromatic heterocycles.